The van der Waals surface area contributed by atoms with Gasteiger partial charge in [-0.25, -0.2) is 4.98 Å². The largest absolute Gasteiger partial charge is 0.443 e. The van der Waals surface area contributed by atoms with E-state index < -0.39 is 23.1 Å². The van der Waals surface area contributed by atoms with E-state index in [1.165, 1.54) is 0 Å². The van der Waals surface area contributed by atoms with Crippen LogP contribution in [0.3, 0.4) is 0 Å². The highest BCUT2D eigenvalue weighted by molar-refractivity contribution is 7.13. The van der Waals surface area contributed by atoms with Crippen LogP contribution in [-0.4, -0.2) is 22.0 Å². The molecule has 1 atom stereocenters. The molecule has 1 N–H and O–H groups in total. The van der Waals surface area contributed by atoms with Crippen molar-refractivity contribution in [3.05, 3.63) is 16.1 Å². The van der Waals surface area contributed by atoms with Crippen molar-refractivity contribution in [2.24, 2.45) is 0 Å². The normalized spacial score (nSPS) is 13.8. The van der Waals surface area contributed by atoms with Gasteiger partial charge in [0.05, 0.1) is 4.88 Å². The SMILES string of the molecule is CCCC(O)C(=O)c1cnc(C(F)(F)F)s1. The fourth-order valence-electron chi connectivity index (χ4n) is 1.09. The number of carbonyl (C=O) groups is 1. The van der Waals surface area contributed by atoms with Gasteiger partial charge in [-0.2, -0.15) is 13.2 Å². The lowest BCUT2D eigenvalue weighted by Gasteiger charge is -2.05. The van der Waals surface area contributed by atoms with E-state index in [-0.39, 0.29) is 22.6 Å². The molecule has 0 saturated heterocycles. The third-order valence-corrected chi connectivity index (χ3v) is 2.91. The second-order valence-electron chi connectivity index (χ2n) is 3.20. The molecule has 0 aliphatic rings. The van der Waals surface area contributed by atoms with Crippen molar-refractivity contribution in [2.75, 3.05) is 0 Å². The molecular weight excluding hydrogens is 243 g/mol. The maximum absolute atomic E-state index is 12.2. The third kappa shape index (κ3) is 3.02. The van der Waals surface area contributed by atoms with Gasteiger partial charge in [0.1, 0.15) is 6.10 Å². The van der Waals surface area contributed by atoms with Gasteiger partial charge in [-0.15, -0.1) is 11.3 Å². The van der Waals surface area contributed by atoms with Crippen LogP contribution in [0.25, 0.3) is 0 Å². The minimum absolute atomic E-state index is 0.159. The summed E-state index contributed by atoms with van der Waals surface area (Å²) in [4.78, 5) is 14.4. The number of hydrogen-bond donors (Lipinski definition) is 1. The summed E-state index contributed by atoms with van der Waals surface area (Å²) in [6.45, 7) is 1.77. The Hall–Kier alpha value is -0.950. The smallest absolute Gasteiger partial charge is 0.385 e. The summed E-state index contributed by atoms with van der Waals surface area (Å²) in [5, 5.41) is 8.26. The van der Waals surface area contributed by atoms with Crippen LogP contribution in [0.2, 0.25) is 0 Å². The topological polar surface area (TPSA) is 50.2 Å². The first-order chi connectivity index (χ1) is 7.36. The van der Waals surface area contributed by atoms with E-state index in [9.17, 15) is 23.1 Å². The van der Waals surface area contributed by atoms with Gasteiger partial charge in [-0.05, 0) is 6.42 Å². The van der Waals surface area contributed by atoms with E-state index in [0.717, 1.165) is 6.20 Å². The summed E-state index contributed by atoms with van der Waals surface area (Å²) in [6, 6.07) is 0. The molecule has 16 heavy (non-hydrogen) atoms. The molecule has 0 spiro atoms. The molecular formula is C9H10F3NO2S. The average Bonchev–Trinajstić information content (AvgIpc) is 2.65. The highest BCUT2D eigenvalue weighted by Crippen LogP contribution is 2.32. The Bertz CT molecular complexity index is 375. The molecule has 0 aromatic carbocycles. The molecule has 1 heterocycles. The fourth-order valence-corrected chi connectivity index (χ4v) is 1.86. The van der Waals surface area contributed by atoms with E-state index >= 15 is 0 Å². The summed E-state index contributed by atoms with van der Waals surface area (Å²) < 4.78 is 36.6. The second kappa shape index (κ2) is 4.92. The standard InChI is InChI=1S/C9H10F3NO2S/c1-2-3-5(14)7(15)6-4-13-8(16-6)9(10,11)12/h4-5,14H,2-3H2,1H3. The molecule has 1 aromatic heterocycles. The van der Waals surface area contributed by atoms with E-state index in [0.29, 0.717) is 6.42 Å². The molecule has 1 rings (SSSR count). The highest BCUT2D eigenvalue weighted by atomic mass is 32.1. The van der Waals surface area contributed by atoms with Crippen molar-refractivity contribution in [2.45, 2.75) is 32.0 Å². The lowest BCUT2D eigenvalue weighted by Crippen LogP contribution is -2.18. The number of nitrogens with zero attached hydrogens (tertiary/aromatic N) is 1. The number of hydrogen-bond acceptors (Lipinski definition) is 4. The first-order valence-electron chi connectivity index (χ1n) is 4.61. The summed E-state index contributed by atoms with van der Waals surface area (Å²) >= 11 is 0.256. The number of aromatic nitrogens is 1. The number of Topliss-reactive ketones (excluding diaryl/α,β-unsaturated/α-hetero) is 1. The van der Waals surface area contributed by atoms with E-state index in [2.05, 4.69) is 4.98 Å². The van der Waals surface area contributed by atoms with E-state index in [1.54, 1.807) is 6.92 Å². The molecule has 0 aliphatic carbocycles. The van der Waals surface area contributed by atoms with Gasteiger partial charge in [-0.3, -0.25) is 4.79 Å². The summed E-state index contributed by atoms with van der Waals surface area (Å²) in [7, 11) is 0. The van der Waals surface area contributed by atoms with Crippen molar-refractivity contribution in [1.29, 1.82) is 0 Å². The number of ketones is 1. The van der Waals surface area contributed by atoms with Crippen LogP contribution in [0, 0.1) is 0 Å². The number of aliphatic hydroxyl groups excluding tert-OH is 1. The number of aliphatic hydroxyl groups is 1. The van der Waals surface area contributed by atoms with Crippen molar-refractivity contribution >= 4 is 17.1 Å². The minimum Gasteiger partial charge on any atom is -0.385 e. The van der Waals surface area contributed by atoms with Crippen LogP contribution in [-0.2, 0) is 6.18 Å². The zero-order chi connectivity index (χ0) is 12.3. The highest BCUT2D eigenvalue weighted by Gasteiger charge is 2.35. The predicted octanol–water partition coefficient (Wildman–Crippen LogP) is 2.51. The molecule has 0 radical (unpaired) electrons. The number of thiazole rings is 1. The third-order valence-electron chi connectivity index (χ3n) is 1.86. The number of halogens is 3. The zero-order valence-corrected chi connectivity index (χ0v) is 9.23. The number of alkyl halides is 3. The maximum atomic E-state index is 12.2. The van der Waals surface area contributed by atoms with Gasteiger partial charge in [0.25, 0.3) is 0 Å². The Kier molecular flexibility index (Phi) is 4.03. The Morgan fingerprint density at radius 2 is 2.25 bits per heavy atom. The molecule has 0 amide bonds. The summed E-state index contributed by atoms with van der Waals surface area (Å²) in [6.07, 6.45) is -4.12. The molecule has 0 fully saturated rings. The van der Waals surface area contributed by atoms with Crippen LogP contribution in [0.15, 0.2) is 6.20 Å². The molecule has 0 aliphatic heterocycles. The van der Waals surface area contributed by atoms with Crippen molar-refractivity contribution < 1.29 is 23.1 Å². The summed E-state index contributed by atoms with van der Waals surface area (Å²) in [5.74, 6) is -0.699. The van der Waals surface area contributed by atoms with E-state index in [4.69, 9.17) is 0 Å². The molecule has 1 aromatic rings. The monoisotopic (exact) mass is 253 g/mol. The van der Waals surface area contributed by atoms with Crippen LogP contribution >= 0.6 is 11.3 Å². The molecule has 0 saturated carbocycles. The fraction of sp³-hybridized carbons (Fsp3) is 0.556. The predicted molar refractivity (Wildman–Crippen MR) is 52.4 cm³/mol. The van der Waals surface area contributed by atoms with E-state index in [1.807, 2.05) is 0 Å². The first-order valence-corrected chi connectivity index (χ1v) is 5.43. The minimum atomic E-state index is -4.54. The molecule has 0 bridgehead atoms. The Balaban J connectivity index is 2.82. The van der Waals surface area contributed by atoms with Gasteiger partial charge in [0.15, 0.2) is 5.01 Å². The Labute approximate surface area is 93.9 Å². The van der Waals surface area contributed by atoms with Crippen LogP contribution in [0.1, 0.15) is 34.4 Å². The van der Waals surface area contributed by atoms with Crippen molar-refractivity contribution in [3.63, 3.8) is 0 Å². The van der Waals surface area contributed by atoms with Gasteiger partial charge in [-0.1, -0.05) is 13.3 Å². The molecule has 1 unspecified atom stereocenters. The van der Waals surface area contributed by atoms with Gasteiger partial charge in [0, 0.05) is 6.20 Å². The van der Waals surface area contributed by atoms with Crippen LogP contribution < -0.4 is 0 Å². The van der Waals surface area contributed by atoms with Gasteiger partial charge in [0.2, 0.25) is 5.78 Å². The maximum Gasteiger partial charge on any atom is 0.443 e. The van der Waals surface area contributed by atoms with Crippen LogP contribution in [0.4, 0.5) is 13.2 Å². The average molecular weight is 253 g/mol. The number of carbonyl (C=O) groups excluding carboxylic acids is 1. The Morgan fingerprint density at radius 1 is 1.62 bits per heavy atom. The Morgan fingerprint density at radius 3 is 2.69 bits per heavy atom. The summed E-state index contributed by atoms with van der Waals surface area (Å²) in [5.41, 5.74) is 0. The van der Waals surface area contributed by atoms with Crippen molar-refractivity contribution in [3.8, 4) is 0 Å². The zero-order valence-electron chi connectivity index (χ0n) is 8.41. The van der Waals surface area contributed by atoms with Gasteiger partial charge >= 0.3 is 6.18 Å². The quantitative estimate of drug-likeness (QED) is 0.839. The number of rotatable bonds is 4. The van der Waals surface area contributed by atoms with Crippen LogP contribution in [0.5, 0.6) is 0 Å². The second-order valence-corrected chi connectivity index (χ2v) is 4.23. The van der Waals surface area contributed by atoms with Gasteiger partial charge < -0.3 is 5.11 Å². The van der Waals surface area contributed by atoms with Crippen molar-refractivity contribution in [1.82, 2.24) is 4.98 Å². The molecule has 7 heteroatoms. The first kappa shape index (κ1) is 13.1. The lowest BCUT2D eigenvalue weighted by atomic mass is 10.1. The molecule has 3 nitrogen and oxygen atoms in total. The lowest BCUT2D eigenvalue weighted by molar-refractivity contribution is -0.137. The molecule has 90 valence electrons.